The Morgan fingerprint density at radius 1 is 0.958 bits per heavy atom. The van der Waals surface area contributed by atoms with Crippen molar-refractivity contribution in [1.29, 1.82) is 0 Å². The number of nitrogens with zero attached hydrogens (tertiary/aromatic N) is 1. The van der Waals surface area contributed by atoms with Crippen LogP contribution in [-0.4, -0.2) is 23.4 Å². The van der Waals surface area contributed by atoms with Crippen LogP contribution in [0, 0.1) is 5.92 Å². The monoisotopic (exact) mass is 385 g/mol. The summed E-state index contributed by atoms with van der Waals surface area (Å²) in [5.74, 6) is 0.435. The van der Waals surface area contributed by atoms with Crippen molar-refractivity contribution in [2.75, 3.05) is 6.54 Å². The lowest BCUT2D eigenvalue weighted by atomic mass is 9.93. The Labute approximate surface area is 152 Å². The first-order valence-electron chi connectivity index (χ1n) is 9.17. The summed E-state index contributed by atoms with van der Waals surface area (Å²) in [6, 6.07) is 15.5. The van der Waals surface area contributed by atoms with Crippen molar-refractivity contribution in [3.8, 4) is 0 Å². The molecule has 2 nitrogen and oxygen atoms in total. The molecule has 0 N–H and O–H groups in total. The first-order chi connectivity index (χ1) is 11.7. The first-order valence-corrected chi connectivity index (χ1v) is 10.1. The number of hydrogen-bond acceptors (Lipinski definition) is 1. The molecule has 0 bridgehead atoms. The first kappa shape index (κ1) is 16.1. The van der Waals surface area contributed by atoms with Gasteiger partial charge in [-0.15, -0.1) is 0 Å². The van der Waals surface area contributed by atoms with E-state index >= 15 is 0 Å². The second-order valence-corrected chi connectivity index (χ2v) is 8.21. The zero-order valence-electron chi connectivity index (χ0n) is 14.0. The third kappa shape index (κ3) is 2.99. The van der Waals surface area contributed by atoms with E-state index in [-0.39, 0.29) is 10.7 Å². The molecule has 3 heteroatoms. The molecule has 2 atom stereocenters. The molecule has 126 valence electrons. The summed E-state index contributed by atoms with van der Waals surface area (Å²) < 4.78 is 0. The molecule has 1 heterocycles. The number of amides is 1. The van der Waals surface area contributed by atoms with Gasteiger partial charge in [0, 0.05) is 12.6 Å². The second kappa shape index (κ2) is 6.87. The molecular formula is C21H24BrNO. The number of likely N-dealkylation sites (tertiary alicyclic amines) is 1. The Kier molecular flexibility index (Phi) is 4.62. The molecule has 1 aliphatic carbocycles. The van der Waals surface area contributed by atoms with Crippen molar-refractivity contribution in [2.45, 2.75) is 49.4 Å². The molecule has 1 aliphatic heterocycles. The maximum absolute atomic E-state index is 13.0. The maximum Gasteiger partial charge on any atom is 0.227 e. The number of rotatable bonds is 3. The van der Waals surface area contributed by atoms with Crippen LogP contribution in [0.2, 0.25) is 0 Å². The minimum absolute atomic E-state index is 0.0769. The highest BCUT2D eigenvalue weighted by Crippen LogP contribution is 2.40. The van der Waals surface area contributed by atoms with E-state index in [2.05, 4.69) is 63.3 Å². The van der Waals surface area contributed by atoms with Gasteiger partial charge in [-0.25, -0.2) is 0 Å². The third-order valence-corrected chi connectivity index (χ3v) is 6.91. The molecule has 0 radical (unpaired) electrons. The molecule has 1 saturated heterocycles. The highest BCUT2D eigenvalue weighted by atomic mass is 79.9. The predicted octanol–water partition coefficient (Wildman–Crippen LogP) is 5.46. The number of fused-ring (bicyclic) bond motifs is 1. The van der Waals surface area contributed by atoms with Gasteiger partial charge in [0.2, 0.25) is 5.91 Å². The van der Waals surface area contributed by atoms with Gasteiger partial charge in [0.05, 0.1) is 10.7 Å². The Bertz CT molecular complexity index is 737. The summed E-state index contributed by atoms with van der Waals surface area (Å²) in [6.07, 6.45) is 7.25. The van der Waals surface area contributed by atoms with Crippen molar-refractivity contribution in [1.82, 2.24) is 4.90 Å². The lowest BCUT2D eigenvalue weighted by Gasteiger charge is -2.31. The summed E-state index contributed by atoms with van der Waals surface area (Å²) in [5.41, 5.74) is 1.22. The predicted molar refractivity (Wildman–Crippen MR) is 102 cm³/mol. The Balaban J connectivity index is 1.53. The minimum Gasteiger partial charge on any atom is -0.339 e. The number of carbonyl (C=O) groups is 1. The third-order valence-electron chi connectivity index (χ3n) is 5.74. The van der Waals surface area contributed by atoms with Crippen LogP contribution in [0.1, 0.15) is 48.9 Å². The lowest BCUT2D eigenvalue weighted by Crippen LogP contribution is -2.39. The fraction of sp³-hybridized carbons (Fsp3) is 0.476. The number of carbonyl (C=O) groups excluding carboxylic acids is 1. The Hall–Kier alpha value is -1.35. The number of halogens is 1. The van der Waals surface area contributed by atoms with Crippen molar-refractivity contribution >= 4 is 32.6 Å². The van der Waals surface area contributed by atoms with Gasteiger partial charge < -0.3 is 4.90 Å². The summed E-state index contributed by atoms with van der Waals surface area (Å²) in [7, 11) is 0. The number of alkyl halides is 1. The van der Waals surface area contributed by atoms with E-state index in [4.69, 9.17) is 0 Å². The summed E-state index contributed by atoms with van der Waals surface area (Å²) in [5, 5.41) is 2.50. The topological polar surface area (TPSA) is 20.3 Å². The molecule has 4 rings (SSSR count). The van der Waals surface area contributed by atoms with Crippen LogP contribution in [0.25, 0.3) is 10.8 Å². The van der Waals surface area contributed by atoms with E-state index in [1.54, 1.807) is 0 Å². The van der Waals surface area contributed by atoms with Gasteiger partial charge in [0.1, 0.15) is 0 Å². The van der Waals surface area contributed by atoms with Crippen LogP contribution < -0.4 is 0 Å². The molecule has 0 spiro atoms. The molecular weight excluding hydrogens is 362 g/mol. The largest absolute Gasteiger partial charge is 0.339 e. The lowest BCUT2D eigenvalue weighted by molar-refractivity contribution is -0.133. The number of benzene rings is 2. The van der Waals surface area contributed by atoms with Crippen LogP contribution in [-0.2, 0) is 4.79 Å². The summed E-state index contributed by atoms with van der Waals surface area (Å²) in [6.45, 7) is 0.934. The van der Waals surface area contributed by atoms with E-state index < -0.39 is 0 Å². The fourth-order valence-corrected chi connectivity index (χ4v) is 5.14. The fourth-order valence-electron chi connectivity index (χ4n) is 4.36. The number of hydrogen-bond donors (Lipinski definition) is 0. The van der Waals surface area contributed by atoms with E-state index in [1.165, 1.54) is 48.4 Å². The SMILES string of the molecule is O=C1C(C(Br)c2ccc3ccccc3c2)CCN1C1CCCCC1. The zero-order valence-corrected chi connectivity index (χ0v) is 15.5. The molecule has 1 amide bonds. The average Bonchev–Trinajstić information content (AvgIpc) is 3.03. The molecule has 2 unspecified atom stereocenters. The zero-order chi connectivity index (χ0) is 16.5. The van der Waals surface area contributed by atoms with Crippen LogP contribution in [0.3, 0.4) is 0 Å². The van der Waals surface area contributed by atoms with Gasteiger partial charge in [-0.05, 0) is 41.7 Å². The van der Waals surface area contributed by atoms with E-state index in [0.29, 0.717) is 11.9 Å². The van der Waals surface area contributed by atoms with E-state index in [1.807, 2.05) is 0 Å². The van der Waals surface area contributed by atoms with Crippen LogP contribution in [0.15, 0.2) is 42.5 Å². The molecule has 2 aromatic carbocycles. The van der Waals surface area contributed by atoms with E-state index in [0.717, 1.165) is 13.0 Å². The van der Waals surface area contributed by atoms with Gasteiger partial charge in [0.25, 0.3) is 0 Å². The van der Waals surface area contributed by atoms with Crippen LogP contribution >= 0.6 is 15.9 Å². The molecule has 0 aromatic heterocycles. The van der Waals surface area contributed by atoms with Crippen molar-refractivity contribution in [3.05, 3.63) is 48.0 Å². The van der Waals surface area contributed by atoms with Crippen LogP contribution in [0.4, 0.5) is 0 Å². The van der Waals surface area contributed by atoms with Gasteiger partial charge >= 0.3 is 0 Å². The standard InChI is InChI=1S/C21H24BrNO/c22-20(17-11-10-15-6-4-5-7-16(15)14-17)19-12-13-23(21(19)24)18-8-2-1-3-9-18/h4-7,10-11,14,18-20H,1-3,8-9,12-13H2. The molecule has 24 heavy (non-hydrogen) atoms. The molecule has 2 fully saturated rings. The van der Waals surface area contributed by atoms with Crippen molar-refractivity contribution in [3.63, 3.8) is 0 Å². The van der Waals surface area contributed by atoms with Crippen LogP contribution in [0.5, 0.6) is 0 Å². The molecule has 1 saturated carbocycles. The molecule has 2 aliphatic rings. The molecule has 2 aromatic rings. The Morgan fingerprint density at radius 3 is 2.50 bits per heavy atom. The van der Waals surface area contributed by atoms with Gasteiger partial charge in [-0.3, -0.25) is 4.79 Å². The van der Waals surface area contributed by atoms with Gasteiger partial charge in [-0.2, -0.15) is 0 Å². The Morgan fingerprint density at radius 2 is 1.71 bits per heavy atom. The second-order valence-electron chi connectivity index (χ2n) is 7.23. The van der Waals surface area contributed by atoms with Gasteiger partial charge in [0.15, 0.2) is 0 Å². The minimum atomic E-state index is 0.0769. The van der Waals surface area contributed by atoms with E-state index in [9.17, 15) is 4.79 Å². The van der Waals surface area contributed by atoms with Gasteiger partial charge in [-0.1, -0.05) is 71.6 Å². The average molecular weight is 386 g/mol. The summed E-state index contributed by atoms with van der Waals surface area (Å²) >= 11 is 3.84. The van der Waals surface area contributed by atoms with Crippen molar-refractivity contribution in [2.24, 2.45) is 5.92 Å². The quantitative estimate of drug-likeness (QED) is 0.642. The summed E-state index contributed by atoms with van der Waals surface area (Å²) in [4.78, 5) is 15.3. The normalized spacial score (nSPS) is 23.8. The highest BCUT2D eigenvalue weighted by Gasteiger charge is 2.40. The van der Waals surface area contributed by atoms with Crippen molar-refractivity contribution < 1.29 is 4.79 Å². The maximum atomic E-state index is 13.0. The highest BCUT2D eigenvalue weighted by molar-refractivity contribution is 9.09. The smallest absolute Gasteiger partial charge is 0.227 e.